The zero-order valence-corrected chi connectivity index (χ0v) is 16.7. The smallest absolute Gasteiger partial charge is 0.243 e. The van der Waals surface area contributed by atoms with Crippen molar-refractivity contribution < 1.29 is 17.9 Å². The lowest BCUT2D eigenvalue weighted by molar-refractivity contribution is -0.280. The van der Waals surface area contributed by atoms with Gasteiger partial charge in [-0.2, -0.15) is 4.31 Å². The van der Waals surface area contributed by atoms with Crippen molar-refractivity contribution in [2.45, 2.75) is 29.9 Å². The number of rotatable bonds is 3. The summed E-state index contributed by atoms with van der Waals surface area (Å²) in [6.07, 6.45) is 2.04. The SMILES string of the molecule is CN(C)c1cccc2c(S(=O)(=O)N3CCC4(CC3)OCCCO4)cccc12. The third-order valence-electron chi connectivity index (χ3n) is 5.46. The summed E-state index contributed by atoms with van der Waals surface area (Å²) in [5, 5.41) is 1.70. The molecular weight excluding hydrogens is 364 g/mol. The van der Waals surface area contributed by atoms with Crippen molar-refractivity contribution in [2.24, 2.45) is 0 Å². The van der Waals surface area contributed by atoms with Crippen molar-refractivity contribution >= 4 is 26.5 Å². The molecule has 0 N–H and O–H groups in total. The maximum Gasteiger partial charge on any atom is 0.243 e. The number of benzene rings is 2. The molecule has 2 aromatic rings. The lowest BCUT2D eigenvalue weighted by Crippen LogP contribution is -2.51. The zero-order chi connectivity index (χ0) is 19.1. The number of sulfonamides is 1. The van der Waals surface area contributed by atoms with E-state index in [0.717, 1.165) is 22.9 Å². The Morgan fingerprint density at radius 1 is 0.963 bits per heavy atom. The summed E-state index contributed by atoms with van der Waals surface area (Å²) >= 11 is 0. The number of nitrogens with zero attached hydrogens (tertiary/aromatic N) is 2. The Labute approximate surface area is 160 Å². The summed E-state index contributed by atoms with van der Waals surface area (Å²) in [7, 11) is 0.342. The van der Waals surface area contributed by atoms with E-state index in [1.807, 2.05) is 49.3 Å². The molecule has 0 unspecified atom stereocenters. The monoisotopic (exact) mass is 390 g/mol. The first kappa shape index (κ1) is 18.7. The fourth-order valence-electron chi connectivity index (χ4n) is 3.99. The fourth-order valence-corrected chi connectivity index (χ4v) is 5.64. The summed E-state index contributed by atoms with van der Waals surface area (Å²) < 4.78 is 40.0. The van der Waals surface area contributed by atoms with Gasteiger partial charge in [-0.25, -0.2) is 8.42 Å². The van der Waals surface area contributed by atoms with E-state index in [1.54, 1.807) is 10.4 Å². The minimum atomic E-state index is -3.58. The van der Waals surface area contributed by atoms with Gasteiger partial charge in [0.25, 0.3) is 0 Å². The van der Waals surface area contributed by atoms with Crippen LogP contribution in [0.15, 0.2) is 41.3 Å². The maximum absolute atomic E-state index is 13.4. The molecule has 0 atom stereocenters. The second kappa shape index (κ2) is 7.05. The van der Waals surface area contributed by atoms with Crippen molar-refractivity contribution in [1.29, 1.82) is 0 Å². The van der Waals surface area contributed by atoms with Crippen LogP contribution in [0.1, 0.15) is 19.3 Å². The van der Waals surface area contributed by atoms with Gasteiger partial charge in [-0.15, -0.1) is 0 Å². The minimum Gasteiger partial charge on any atom is -0.377 e. The number of ether oxygens (including phenoxy) is 2. The van der Waals surface area contributed by atoms with Crippen LogP contribution in [0.2, 0.25) is 0 Å². The van der Waals surface area contributed by atoms with E-state index in [0.29, 0.717) is 44.0 Å². The second-order valence-corrected chi connectivity index (χ2v) is 9.29. The van der Waals surface area contributed by atoms with Crippen LogP contribution in [0.25, 0.3) is 10.8 Å². The van der Waals surface area contributed by atoms with Crippen LogP contribution < -0.4 is 4.90 Å². The molecule has 2 aromatic carbocycles. The lowest BCUT2D eigenvalue weighted by Gasteiger charge is -2.42. The fraction of sp³-hybridized carbons (Fsp3) is 0.500. The Kier molecular flexibility index (Phi) is 4.88. The molecule has 27 heavy (non-hydrogen) atoms. The summed E-state index contributed by atoms with van der Waals surface area (Å²) in [6, 6.07) is 11.3. The van der Waals surface area contributed by atoms with Gasteiger partial charge in [-0.1, -0.05) is 24.3 Å². The summed E-state index contributed by atoms with van der Waals surface area (Å²) in [5.74, 6) is -0.596. The number of hydrogen-bond donors (Lipinski definition) is 0. The molecule has 2 fully saturated rings. The lowest BCUT2D eigenvalue weighted by atomic mass is 10.0. The van der Waals surface area contributed by atoms with Crippen molar-refractivity contribution in [3.8, 4) is 0 Å². The van der Waals surface area contributed by atoms with Gasteiger partial charge in [0.15, 0.2) is 5.79 Å². The van der Waals surface area contributed by atoms with Gasteiger partial charge in [0, 0.05) is 56.5 Å². The Balaban J connectivity index is 1.66. The molecule has 0 aromatic heterocycles. The Bertz CT molecular complexity index is 926. The molecule has 4 rings (SSSR count). The first-order chi connectivity index (χ1) is 12.9. The minimum absolute atomic E-state index is 0.366. The third kappa shape index (κ3) is 3.33. The van der Waals surface area contributed by atoms with Crippen LogP contribution >= 0.6 is 0 Å². The quantitative estimate of drug-likeness (QED) is 0.807. The molecule has 2 heterocycles. The molecule has 0 radical (unpaired) electrons. The number of anilines is 1. The van der Waals surface area contributed by atoms with Crippen molar-refractivity contribution in [2.75, 3.05) is 45.3 Å². The Hall–Kier alpha value is -1.67. The van der Waals surface area contributed by atoms with Crippen molar-refractivity contribution in [3.05, 3.63) is 36.4 Å². The molecule has 1 spiro atoms. The van der Waals surface area contributed by atoms with E-state index in [4.69, 9.17) is 9.47 Å². The predicted molar refractivity (Wildman–Crippen MR) is 106 cm³/mol. The summed E-state index contributed by atoms with van der Waals surface area (Å²) in [5.41, 5.74) is 1.01. The average molecular weight is 391 g/mol. The molecule has 0 amide bonds. The molecular formula is C20H26N2O4S. The first-order valence-electron chi connectivity index (χ1n) is 9.40. The van der Waals surface area contributed by atoms with Gasteiger partial charge in [-0.3, -0.25) is 0 Å². The standard InChI is InChI=1S/C20H26N2O4S/c1-21(2)18-8-3-7-17-16(18)6-4-9-19(17)27(23,24)22-12-10-20(11-13-22)25-14-5-15-26-20/h3-4,6-9H,5,10-15H2,1-2H3. The molecule has 0 aliphatic carbocycles. The second-order valence-electron chi connectivity index (χ2n) is 7.39. The van der Waals surface area contributed by atoms with E-state index < -0.39 is 15.8 Å². The molecule has 6 nitrogen and oxygen atoms in total. The normalized spacial score (nSPS) is 20.8. The maximum atomic E-state index is 13.4. The topological polar surface area (TPSA) is 59.1 Å². The van der Waals surface area contributed by atoms with Gasteiger partial charge < -0.3 is 14.4 Å². The van der Waals surface area contributed by atoms with E-state index in [-0.39, 0.29) is 0 Å². The highest BCUT2D eigenvalue weighted by Crippen LogP contribution is 2.35. The third-order valence-corrected chi connectivity index (χ3v) is 7.42. The van der Waals surface area contributed by atoms with Crippen LogP contribution in [0.4, 0.5) is 5.69 Å². The van der Waals surface area contributed by atoms with E-state index in [9.17, 15) is 8.42 Å². The van der Waals surface area contributed by atoms with E-state index in [2.05, 4.69) is 0 Å². The summed E-state index contributed by atoms with van der Waals surface area (Å²) in [4.78, 5) is 2.37. The first-order valence-corrected chi connectivity index (χ1v) is 10.8. The van der Waals surface area contributed by atoms with Gasteiger partial charge in [0.2, 0.25) is 10.0 Å². The largest absolute Gasteiger partial charge is 0.377 e. The van der Waals surface area contributed by atoms with Crippen LogP contribution in [-0.4, -0.2) is 58.9 Å². The number of fused-ring (bicyclic) bond motifs is 1. The molecule has 2 aliphatic heterocycles. The highest BCUT2D eigenvalue weighted by atomic mass is 32.2. The molecule has 2 aliphatic rings. The zero-order valence-electron chi connectivity index (χ0n) is 15.8. The van der Waals surface area contributed by atoms with Gasteiger partial charge in [-0.05, 0) is 18.6 Å². The highest BCUT2D eigenvalue weighted by Gasteiger charge is 2.41. The van der Waals surface area contributed by atoms with Crippen LogP contribution in [0.5, 0.6) is 0 Å². The van der Waals surface area contributed by atoms with Crippen LogP contribution in [0.3, 0.4) is 0 Å². The Morgan fingerprint density at radius 2 is 1.59 bits per heavy atom. The molecule has 7 heteroatoms. The highest BCUT2D eigenvalue weighted by molar-refractivity contribution is 7.89. The summed E-state index contributed by atoms with van der Waals surface area (Å²) in [6.45, 7) is 2.19. The van der Waals surface area contributed by atoms with Gasteiger partial charge >= 0.3 is 0 Å². The molecule has 146 valence electrons. The molecule has 0 saturated carbocycles. The van der Waals surface area contributed by atoms with E-state index in [1.165, 1.54) is 0 Å². The van der Waals surface area contributed by atoms with Crippen LogP contribution in [0, 0.1) is 0 Å². The van der Waals surface area contributed by atoms with E-state index >= 15 is 0 Å². The number of hydrogen-bond acceptors (Lipinski definition) is 5. The predicted octanol–water partition coefficient (Wildman–Crippen LogP) is 2.82. The van der Waals surface area contributed by atoms with Crippen molar-refractivity contribution in [3.63, 3.8) is 0 Å². The molecule has 0 bridgehead atoms. The van der Waals surface area contributed by atoms with Gasteiger partial charge in [0.1, 0.15) is 0 Å². The molecule has 2 saturated heterocycles. The Morgan fingerprint density at radius 3 is 2.26 bits per heavy atom. The average Bonchev–Trinajstić information content (AvgIpc) is 2.68. The van der Waals surface area contributed by atoms with Gasteiger partial charge in [0.05, 0.1) is 18.1 Å². The van der Waals surface area contributed by atoms with Crippen LogP contribution in [-0.2, 0) is 19.5 Å². The number of piperidine rings is 1. The van der Waals surface area contributed by atoms with Crippen molar-refractivity contribution in [1.82, 2.24) is 4.31 Å².